The summed E-state index contributed by atoms with van der Waals surface area (Å²) in [7, 11) is -1.79. The lowest BCUT2D eigenvalue weighted by Gasteiger charge is -2.24. The molecular weight excluding hydrogens is 485 g/mol. The summed E-state index contributed by atoms with van der Waals surface area (Å²) in [5.74, 6) is -0.0245. The lowest BCUT2D eigenvalue weighted by molar-refractivity contribution is -0.149. The van der Waals surface area contributed by atoms with E-state index in [0.717, 1.165) is 0 Å². The van der Waals surface area contributed by atoms with Crippen LogP contribution in [-0.4, -0.2) is 40.4 Å². The van der Waals surface area contributed by atoms with Gasteiger partial charge in [-0.3, -0.25) is 19.1 Å². The molecule has 0 saturated carbocycles. The van der Waals surface area contributed by atoms with Crippen LogP contribution >= 0.6 is 20.1 Å². The average Bonchev–Trinajstić information content (AvgIpc) is 3.13. The molecule has 2 N–H and O–H groups in total. The molecule has 0 aliphatic carbocycles. The molecular formula is C22H29ClN3O7P. The average molecular weight is 514 g/mol. The maximum Gasteiger partial charge on any atom is 0.330 e. The summed E-state index contributed by atoms with van der Waals surface area (Å²) in [5.41, 5.74) is -1.00. The van der Waals surface area contributed by atoms with Crippen LogP contribution < -0.4 is 20.9 Å². The third-order valence-electron chi connectivity index (χ3n) is 4.98. The van der Waals surface area contributed by atoms with Gasteiger partial charge in [-0.25, -0.2) is 9.88 Å². The largest absolute Gasteiger partial charge is 0.462 e. The molecule has 34 heavy (non-hydrogen) atoms. The number of H-pyrrole nitrogens is 1. The first-order chi connectivity index (χ1) is 16.1. The van der Waals surface area contributed by atoms with E-state index < -0.39 is 38.0 Å². The lowest BCUT2D eigenvalue weighted by atomic mass is 10.1. The number of aromatic nitrogens is 2. The number of carbonyl (C=O) groups is 1. The maximum atomic E-state index is 12.3. The molecule has 1 aromatic heterocycles. The summed E-state index contributed by atoms with van der Waals surface area (Å²) in [6.45, 7) is 7.30. The highest BCUT2D eigenvalue weighted by molar-refractivity contribution is 7.45. The zero-order chi connectivity index (χ0) is 24.8. The van der Waals surface area contributed by atoms with Gasteiger partial charge in [0.25, 0.3) is 5.56 Å². The Morgan fingerprint density at radius 1 is 1.29 bits per heavy atom. The number of nitrogens with zero attached hydrogens (tertiary/aromatic N) is 1. The van der Waals surface area contributed by atoms with Crippen molar-refractivity contribution in [3.05, 3.63) is 62.4 Å². The number of esters is 1. The molecule has 0 spiro atoms. The maximum absolute atomic E-state index is 12.3. The van der Waals surface area contributed by atoms with Crippen LogP contribution in [0.3, 0.4) is 0 Å². The Balaban J connectivity index is 1.67. The number of carbonyl (C=O) groups excluding carboxylic acids is 1. The Labute approximate surface area is 203 Å². The Hall–Kier alpha value is -2.23. The molecule has 0 radical (unpaired) electrons. The molecule has 1 aromatic carbocycles. The van der Waals surface area contributed by atoms with Crippen molar-refractivity contribution in [2.75, 3.05) is 6.61 Å². The van der Waals surface area contributed by atoms with E-state index in [4.69, 9.17) is 30.1 Å². The van der Waals surface area contributed by atoms with E-state index in [1.165, 1.54) is 16.8 Å². The molecule has 0 bridgehead atoms. The van der Waals surface area contributed by atoms with Crippen LogP contribution in [0, 0.1) is 5.92 Å². The van der Waals surface area contributed by atoms with Crippen molar-refractivity contribution in [3.8, 4) is 5.75 Å². The van der Waals surface area contributed by atoms with Gasteiger partial charge in [0.05, 0.1) is 23.8 Å². The molecule has 5 atom stereocenters. The van der Waals surface area contributed by atoms with Crippen LogP contribution in [-0.2, 0) is 18.8 Å². The van der Waals surface area contributed by atoms with Gasteiger partial charge >= 0.3 is 20.2 Å². The van der Waals surface area contributed by atoms with E-state index in [0.29, 0.717) is 17.2 Å². The van der Waals surface area contributed by atoms with Crippen molar-refractivity contribution < 1.29 is 23.3 Å². The van der Waals surface area contributed by atoms with Crippen molar-refractivity contribution in [2.45, 2.75) is 58.6 Å². The minimum absolute atomic E-state index is 0.000758. The molecule has 1 saturated heterocycles. The Morgan fingerprint density at radius 2 is 2.03 bits per heavy atom. The number of para-hydroxylation sites is 1. The number of aromatic amines is 1. The number of halogens is 1. The third-order valence-corrected chi connectivity index (χ3v) is 6.64. The van der Waals surface area contributed by atoms with Crippen LogP contribution in [0.25, 0.3) is 0 Å². The van der Waals surface area contributed by atoms with Gasteiger partial charge in [-0.15, -0.1) is 0 Å². The van der Waals surface area contributed by atoms with Crippen molar-refractivity contribution in [1.29, 1.82) is 0 Å². The third kappa shape index (κ3) is 7.13. The molecule has 2 heterocycles. The van der Waals surface area contributed by atoms with E-state index in [-0.39, 0.29) is 24.7 Å². The first-order valence-electron chi connectivity index (χ1n) is 10.9. The Bertz CT molecular complexity index is 1090. The second-order valence-corrected chi connectivity index (χ2v) is 9.91. The summed E-state index contributed by atoms with van der Waals surface area (Å²) in [4.78, 5) is 38.0. The van der Waals surface area contributed by atoms with Gasteiger partial charge in [0.2, 0.25) is 0 Å². The smallest absolute Gasteiger partial charge is 0.330 e. The summed E-state index contributed by atoms with van der Waals surface area (Å²) >= 11 is 6.22. The number of ether oxygens (including phenoxy) is 2. The molecule has 1 aliphatic heterocycles. The second kappa shape index (κ2) is 12.0. The van der Waals surface area contributed by atoms with E-state index in [1.807, 2.05) is 6.92 Å². The van der Waals surface area contributed by atoms with Gasteiger partial charge in [-0.2, -0.15) is 0 Å². The van der Waals surface area contributed by atoms with Gasteiger partial charge in [0, 0.05) is 18.2 Å². The normalized spacial score (nSPS) is 21.9. The van der Waals surface area contributed by atoms with Crippen molar-refractivity contribution in [1.82, 2.24) is 14.6 Å². The van der Waals surface area contributed by atoms with E-state index in [9.17, 15) is 14.4 Å². The quantitative estimate of drug-likeness (QED) is 0.366. The van der Waals surface area contributed by atoms with Crippen LogP contribution in [0.15, 0.2) is 46.1 Å². The summed E-state index contributed by atoms with van der Waals surface area (Å²) < 4.78 is 24.6. The molecule has 4 unspecified atom stereocenters. The predicted molar refractivity (Wildman–Crippen MR) is 128 cm³/mol. The fourth-order valence-corrected chi connectivity index (χ4v) is 4.86. The Morgan fingerprint density at radius 3 is 2.71 bits per heavy atom. The predicted octanol–water partition coefficient (Wildman–Crippen LogP) is 3.37. The van der Waals surface area contributed by atoms with Crippen molar-refractivity contribution in [3.63, 3.8) is 0 Å². The standard InChI is InChI=1S/C22H29ClN3O7P/c1-13(2)31-21(28)15(4)25-34(33-18-8-6-5-7-17(18)23)30-12-16-11-14(3)20(32-16)26-10-9-19(27)24-22(26)29/h5-10,13-16,20,25H,11-12H2,1-4H3,(H,24,27,29)/t14?,15?,16?,20-,34?/m1/s1. The number of nitrogens with one attached hydrogen (secondary N) is 2. The highest BCUT2D eigenvalue weighted by Crippen LogP contribution is 2.41. The van der Waals surface area contributed by atoms with E-state index >= 15 is 0 Å². The van der Waals surface area contributed by atoms with Crippen molar-refractivity contribution >= 4 is 26.1 Å². The van der Waals surface area contributed by atoms with Gasteiger partial charge in [-0.1, -0.05) is 30.7 Å². The molecule has 10 nitrogen and oxygen atoms in total. The first kappa shape index (κ1) is 26.4. The lowest BCUT2D eigenvalue weighted by Crippen LogP contribution is -2.35. The fraction of sp³-hybridized carbons (Fsp3) is 0.500. The minimum Gasteiger partial charge on any atom is -0.462 e. The van der Waals surface area contributed by atoms with Gasteiger partial charge < -0.3 is 18.5 Å². The number of hydrogen-bond donors (Lipinski definition) is 2. The van der Waals surface area contributed by atoms with Gasteiger partial charge in [-0.05, 0) is 39.3 Å². The molecule has 1 fully saturated rings. The highest BCUT2D eigenvalue weighted by Gasteiger charge is 2.35. The monoisotopic (exact) mass is 513 g/mol. The summed E-state index contributed by atoms with van der Waals surface area (Å²) in [6.07, 6.45) is 0.911. The topological polar surface area (TPSA) is 121 Å². The van der Waals surface area contributed by atoms with Crippen LogP contribution in [0.1, 0.15) is 40.3 Å². The zero-order valence-electron chi connectivity index (χ0n) is 19.4. The SMILES string of the molecule is CC(C)OC(=O)C(C)NP(OCC1CC(C)[C@H](n2ccc(=O)[nH]c2=O)O1)Oc1ccccc1Cl. The van der Waals surface area contributed by atoms with Crippen LogP contribution in [0.2, 0.25) is 5.02 Å². The zero-order valence-corrected chi connectivity index (χ0v) is 21.0. The first-order valence-corrected chi connectivity index (χ1v) is 12.5. The molecule has 186 valence electrons. The number of rotatable bonds is 10. The van der Waals surface area contributed by atoms with Gasteiger partial charge in [0.1, 0.15) is 18.0 Å². The molecule has 1 aliphatic rings. The molecule has 12 heteroatoms. The van der Waals surface area contributed by atoms with Crippen LogP contribution in [0.5, 0.6) is 5.75 Å². The Kier molecular flexibility index (Phi) is 9.27. The number of hydrogen-bond acceptors (Lipinski definition) is 8. The second-order valence-electron chi connectivity index (χ2n) is 8.29. The molecule has 3 rings (SSSR count). The molecule has 0 amide bonds. The molecule has 2 aromatic rings. The summed E-state index contributed by atoms with van der Waals surface area (Å²) in [6, 6.07) is 7.54. The van der Waals surface area contributed by atoms with Crippen molar-refractivity contribution in [2.24, 2.45) is 5.92 Å². The van der Waals surface area contributed by atoms with E-state index in [1.54, 1.807) is 45.0 Å². The fourth-order valence-electron chi connectivity index (χ4n) is 3.39. The van der Waals surface area contributed by atoms with Crippen LogP contribution in [0.4, 0.5) is 0 Å². The number of benzene rings is 1. The summed E-state index contributed by atoms with van der Waals surface area (Å²) in [5, 5.41) is 3.43. The van der Waals surface area contributed by atoms with E-state index in [2.05, 4.69) is 10.1 Å². The van der Waals surface area contributed by atoms with Gasteiger partial charge in [0.15, 0.2) is 0 Å². The minimum atomic E-state index is -1.79. The highest BCUT2D eigenvalue weighted by atomic mass is 35.5.